The van der Waals surface area contributed by atoms with Gasteiger partial charge in [0.1, 0.15) is 23.5 Å². The van der Waals surface area contributed by atoms with Crippen LogP contribution in [0.3, 0.4) is 0 Å². The molecule has 1 aromatic heterocycles. The van der Waals surface area contributed by atoms with Crippen molar-refractivity contribution >= 4 is 41.0 Å². The van der Waals surface area contributed by atoms with Gasteiger partial charge in [-0.05, 0) is 93.0 Å². The molecule has 56 heavy (non-hydrogen) atoms. The van der Waals surface area contributed by atoms with Crippen molar-refractivity contribution < 1.29 is 28.7 Å². The molecule has 1 aliphatic rings. The number of piperazine rings is 1. The van der Waals surface area contributed by atoms with Crippen LogP contribution in [0.25, 0.3) is 10.8 Å². The largest absolute Gasteiger partial charge is 0.495 e. The van der Waals surface area contributed by atoms with Gasteiger partial charge in [0.15, 0.2) is 0 Å². The Hall–Kier alpha value is -6.11. The number of anilines is 1. The van der Waals surface area contributed by atoms with Crippen molar-refractivity contribution in [1.29, 1.82) is 0 Å². The lowest BCUT2D eigenvalue weighted by molar-refractivity contribution is -0.125. The van der Waals surface area contributed by atoms with Crippen LogP contribution in [0.1, 0.15) is 57.1 Å². The number of aryl methyl sites for hydroxylation is 1. The predicted octanol–water partition coefficient (Wildman–Crippen LogP) is 6.18. The van der Waals surface area contributed by atoms with Gasteiger partial charge in [-0.25, -0.2) is 0 Å². The summed E-state index contributed by atoms with van der Waals surface area (Å²) in [4.78, 5) is 56.6. The summed E-state index contributed by atoms with van der Waals surface area (Å²) in [7, 11) is 5.47. The number of pyridine rings is 1. The van der Waals surface area contributed by atoms with Crippen molar-refractivity contribution in [3.8, 4) is 17.2 Å². The summed E-state index contributed by atoms with van der Waals surface area (Å²) in [5.41, 5.74) is 4.95. The van der Waals surface area contributed by atoms with E-state index in [1.807, 2.05) is 79.7 Å². The van der Waals surface area contributed by atoms with Crippen LogP contribution >= 0.6 is 0 Å². The fraction of sp³-hybridized carbons (Fsp3) is 0.295. The zero-order valence-corrected chi connectivity index (χ0v) is 32.7. The van der Waals surface area contributed by atoms with E-state index >= 15 is 0 Å². The Labute approximate surface area is 328 Å². The van der Waals surface area contributed by atoms with Crippen LogP contribution in [0.5, 0.6) is 17.2 Å². The molecule has 3 amide bonds. The van der Waals surface area contributed by atoms with E-state index in [2.05, 4.69) is 40.5 Å². The molecule has 5 aromatic rings. The number of likely N-dealkylation sites (N-methyl/N-ethyl adjacent to an activating group) is 1. The number of aromatic nitrogens is 1. The lowest BCUT2D eigenvalue weighted by Crippen LogP contribution is -2.44. The topological polar surface area (TPSA) is 133 Å². The number of aldehydes is 1. The van der Waals surface area contributed by atoms with Crippen LogP contribution < -0.4 is 25.0 Å². The monoisotopic (exact) mass is 758 g/mol. The Kier molecular flexibility index (Phi) is 14.7. The minimum Gasteiger partial charge on any atom is -0.495 e. The van der Waals surface area contributed by atoms with Gasteiger partial charge in [-0.15, -0.1) is 0 Å². The molecule has 292 valence electrons. The van der Waals surface area contributed by atoms with Crippen LogP contribution in [0.4, 0.5) is 5.69 Å². The number of carbonyl (C=O) groups is 4. The van der Waals surface area contributed by atoms with Gasteiger partial charge in [-0.1, -0.05) is 35.9 Å². The van der Waals surface area contributed by atoms with Gasteiger partial charge in [0.05, 0.1) is 30.2 Å². The Morgan fingerprint density at radius 3 is 2.38 bits per heavy atom. The standard InChI is InChI=1S/C31H34N4O2.C13H16N2O4/c1-22-10-13-27(14-11-22)37-30-9-4-6-24-20-25(12-15-28(24)30)31(36)32-23(2)29-8-5-7-26(33-29)21-35-18-16-34(3)17-19-35;1-15(6-5-13(18)14-9-17)11-7-10(8-16)3-4-12(11)19-2/h4-15,20,23H,16-19,21H2,1-3H3,(H,32,36);3-4,7-9H,5-6H2,1-2H3,(H,14,17,18). The lowest BCUT2D eigenvalue weighted by Gasteiger charge is -2.32. The molecule has 12 nitrogen and oxygen atoms in total. The summed E-state index contributed by atoms with van der Waals surface area (Å²) in [5.74, 6) is 1.70. The number of rotatable bonds is 14. The van der Waals surface area contributed by atoms with Crippen LogP contribution in [-0.2, 0) is 16.1 Å². The highest BCUT2D eigenvalue weighted by Crippen LogP contribution is 2.31. The molecule has 0 saturated carbocycles. The van der Waals surface area contributed by atoms with Gasteiger partial charge < -0.3 is 24.6 Å². The first-order valence-corrected chi connectivity index (χ1v) is 18.6. The number of hydrogen-bond donors (Lipinski definition) is 2. The molecule has 0 aliphatic carbocycles. The van der Waals surface area contributed by atoms with E-state index in [4.69, 9.17) is 14.5 Å². The minimum absolute atomic E-state index is 0.120. The maximum Gasteiger partial charge on any atom is 0.251 e. The number of methoxy groups -OCH3 is 1. The zero-order chi connectivity index (χ0) is 40.0. The first-order chi connectivity index (χ1) is 27.1. The van der Waals surface area contributed by atoms with Gasteiger partial charge in [-0.3, -0.25) is 34.4 Å². The second kappa shape index (κ2) is 20.0. The van der Waals surface area contributed by atoms with Crippen molar-refractivity contribution in [2.45, 2.75) is 32.9 Å². The van der Waals surface area contributed by atoms with E-state index < -0.39 is 0 Å². The molecule has 0 bridgehead atoms. The molecule has 2 N–H and O–H groups in total. The number of nitrogens with zero attached hydrogens (tertiary/aromatic N) is 4. The van der Waals surface area contributed by atoms with E-state index in [1.165, 1.54) is 12.7 Å². The third kappa shape index (κ3) is 11.5. The predicted molar refractivity (Wildman–Crippen MR) is 219 cm³/mol. The molecule has 1 fully saturated rings. The first-order valence-electron chi connectivity index (χ1n) is 18.6. The van der Waals surface area contributed by atoms with Crippen molar-refractivity contribution in [3.05, 3.63) is 125 Å². The van der Waals surface area contributed by atoms with Gasteiger partial charge in [-0.2, -0.15) is 0 Å². The van der Waals surface area contributed by atoms with Crippen LogP contribution in [0.15, 0.2) is 97.1 Å². The number of imide groups is 1. The molecule has 4 aromatic carbocycles. The zero-order valence-electron chi connectivity index (χ0n) is 32.7. The third-order valence-electron chi connectivity index (χ3n) is 9.60. The van der Waals surface area contributed by atoms with Crippen LogP contribution in [0.2, 0.25) is 0 Å². The average molecular weight is 759 g/mol. The van der Waals surface area contributed by atoms with Crippen LogP contribution in [-0.4, -0.2) is 93.2 Å². The minimum atomic E-state index is -0.354. The second-order valence-electron chi connectivity index (χ2n) is 13.8. The summed E-state index contributed by atoms with van der Waals surface area (Å²) in [6, 6.07) is 30.5. The molecule has 1 aliphatic heterocycles. The highest BCUT2D eigenvalue weighted by atomic mass is 16.5. The van der Waals surface area contributed by atoms with E-state index in [1.54, 1.807) is 30.1 Å². The number of amides is 3. The fourth-order valence-corrected chi connectivity index (χ4v) is 6.24. The molecule has 1 atom stereocenters. The molecule has 0 radical (unpaired) electrons. The number of hydrogen-bond acceptors (Lipinski definition) is 10. The number of ether oxygens (including phenoxy) is 2. The molecule has 2 heterocycles. The molecule has 1 saturated heterocycles. The maximum absolute atomic E-state index is 13.1. The Bertz CT molecular complexity index is 2120. The fourth-order valence-electron chi connectivity index (χ4n) is 6.24. The van der Waals surface area contributed by atoms with Crippen molar-refractivity contribution in [2.75, 3.05) is 58.8 Å². The van der Waals surface area contributed by atoms with Crippen molar-refractivity contribution in [1.82, 2.24) is 25.4 Å². The van der Waals surface area contributed by atoms with Crippen molar-refractivity contribution in [3.63, 3.8) is 0 Å². The first kappa shape index (κ1) is 41.1. The number of nitrogens with one attached hydrogen (secondary N) is 2. The molecule has 1 unspecified atom stereocenters. The summed E-state index contributed by atoms with van der Waals surface area (Å²) in [5, 5.41) is 7.11. The average Bonchev–Trinajstić information content (AvgIpc) is 3.21. The van der Waals surface area contributed by atoms with Crippen LogP contribution in [0, 0.1) is 6.92 Å². The Morgan fingerprint density at radius 2 is 1.66 bits per heavy atom. The smallest absolute Gasteiger partial charge is 0.251 e. The maximum atomic E-state index is 13.1. The Balaban J connectivity index is 0.000000267. The summed E-state index contributed by atoms with van der Waals surface area (Å²) in [6.45, 7) is 9.53. The highest BCUT2D eigenvalue weighted by molar-refractivity contribution is 6.00. The van der Waals surface area contributed by atoms with E-state index in [-0.39, 0.29) is 24.3 Å². The number of benzene rings is 4. The summed E-state index contributed by atoms with van der Waals surface area (Å²) >= 11 is 0. The van der Waals surface area contributed by atoms with Gasteiger partial charge in [0, 0.05) is 69.3 Å². The number of carbonyl (C=O) groups excluding carboxylic acids is 4. The molecular formula is C44H50N6O6. The SMILES string of the molecule is COc1ccc(C=O)cc1N(C)CCC(=O)NC=O.Cc1ccc(Oc2cccc3cc(C(=O)NC(C)c4cccc(CN5CCN(C)CC5)n4)ccc23)cc1. The van der Waals surface area contributed by atoms with Gasteiger partial charge >= 0.3 is 0 Å². The third-order valence-corrected chi connectivity index (χ3v) is 9.60. The summed E-state index contributed by atoms with van der Waals surface area (Å²) < 4.78 is 11.3. The molecular weight excluding hydrogens is 709 g/mol. The second-order valence-corrected chi connectivity index (χ2v) is 13.8. The van der Waals surface area contributed by atoms with E-state index in [0.717, 1.165) is 72.7 Å². The van der Waals surface area contributed by atoms with Gasteiger partial charge in [0.2, 0.25) is 12.3 Å². The quantitative estimate of drug-likeness (QED) is 0.127. The Morgan fingerprint density at radius 1 is 0.911 bits per heavy atom. The van der Waals surface area contributed by atoms with E-state index in [0.29, 0.717) is 35.5 Å². The van der Waals surface area contributed by atoms with E-state index in [9.17, 15) is 19.2 Å². The molecule has 12 heteroatoms. The number of fused-ring (bicyclic) bond motifs is 1. The lowest BCUT2D eigenvalue weighted by atomic mass is 10.1. The highest BCUT2D eigenvalue weighted by Gasteiger charge is 2.17. The molecule has 0 spiro atoms. The van der Waals surface area contributed by atoms with Gasteiger partial charge in [0.25, 0.3) is 5.91 Å². The normalized spacial score (nSPS) is 13.4. The van der Waals surface area contributed by atoms with Crippen molar-refractivity contribution in [2.24, 2.45) is 0 Å². The molecule has 6 rings (SSSR count). The summed E-state index contributed by atoms with van der Waals surface area (Å²) in [6.07, 6.45) is 1.27.